The number of nitrogens with zero attached hydrogens (tertiary/aromatic N) is 2. The highest BCUT2D eigenvalue weighted by molar-refractivity contribution is 6.09. The van der Waals surface area contributed by atoms with Crippen molar-refractivity contribution in [3.63, 3.8) is 0 Å². The lowest BCUT2D eigenvalue weighted by Crippen LogP contribution is -2.49. The van der Waals surface area contributed by atoms with Crippen molar-refractivity contribution >= 4 is 17.4 Å². The van der Waals surface area contributed by atoms with Crippen LogP contribution in [0.3, 0.4) is 0 Å². The zero-order valence-electron chi connectivity index (χ0n) is 24.9. The first-order chi connectivity index (χ1) is 18.1. The van der Waals surface area contributed by atoms with Gasteiger partial charge in [0.2, 0.25) is 0 Å². The number of carbonyl (C=O) groups is 2. The third-order valence-electron chi connectivity index (χ3n) is 7.49. The number of aryl methyl sites for hydroxylation is 2. The van der Waals surface area contributed by atoms with Gasteiger partial charge in [0.05, 0.1) is 18.8 Å². The van der Waals surface area contributed by atoms with Crippen LogP contribution in [0.2, 0.25) is 0 Å². The normalized spacial score (nSPS) is 22.6. The SMILES string of the molecule is CC(=O)CN=C1CCC/C1=C(/N)C(=O)N1C[C@@H](C)O[C@@H](C)C1.CCCCC(CCC)c1ccc(C)c(C)c1. The Morgan fingerprint density at radius 1 is 1.05 bits per heavy atom. The fourth-order valence-electron chi connectivity index (χ4n) is 5.34. The fraction of sp³-hybridized carbons (Fsp3) is 0.656. The molecule has 38 heavy (non-hydrogen) atoms. The van der Waals surface area contributed by atoms with Crippen LogP contribution >= 0.6 is 0 Å². The maximum absolute atomic E-state index is 12.6. The van der Waals surface area contributed by atoms with Crippen LogP contribution in [0.5, 0.6) is 0 Å². The number of allylic oxidation sites excluding steroid dienone is 1. The molecule has 0 radical (unpaired) electrons. The van der Waals surface area contributed by atoms with Gasteiger partial charge in [-0.2, -0.15) is 0 Å². The summed E-state index contributed by atoms with van der Waals surface area (Å²) in [5.41, 5.74) is 12.4. The van der Waals surface area contributed by atoms with E-state index in [1.54, 1.807) is 10.5 Å². The maximum Gasteiger partial charge on any atom is 0.270 e. The van der Waals surface area contributed by atoms with E-state index in [-0.39, 0.29) is 36.1 Å². The van der Waals surface area contributed by atoms with Gasteiger partial charge >= 0.3 is 0 Å². The first-order valence-electron chi connectivity index (χ1n) is 14.6. The second-order valence-corrected chi connectivity index (χ2v) is 11.1. The largest absolute Gasteiger partial charge is 0.394 e. The van der Waals surface area contributed by atoms with Crippen molar-refractivity contribution in [2.45, 2.75) is 118 Å². The summed E-state index contributed by atoms with van der Waals surface area (Å²) in [6, 6.07) is 7.00. The van der Waals surface area contributed by atoms with Gasteiger partial charge in [0.15, 0.2) is 5.78 Å². The van der Waals surface area contributed by atoms with E-state index in [4.69, 9.17) is 10.5 Å². The Bertz CT molecular complexity index is 988. The van der Waals surface area contributed by atoms with E-state index in [0.717, 1.165) is 36.5 Å². The molecule has 6 heteroatoms. The van der Waals surface area contributed by atoms with Gasteiger partial charge in [-0.15, -0.1) is 0 Å². The molecule has 1 heterocycles. The van der Waals surface area contributed by atoms with E-state index in [9.17, 15) is 9.59 Å². The number of ether oxygens (including phenoxy) is 1. The van der Waals surface area contributed by atoms with Gasteiger partial charge in [-0.05, 0) is 89.3 Å². The molecule has 212 valence electrons. The van der Waals surface area contributed by atoms with Gasteiger partial charge in [0, 0.05) is 24.4 Å². The van der Waals surface area contributed by atoms with Crippen molar-refractivity contribution in [2.24, 2.45) is 10.7 Å². The Labute approximate surface area is 231 Å². The first kappa shape index (κ1) is 31.7. The quantitative estimate of drug-likeness (QED) is 0.377. The van der Waals surface area contributed by atoms with Crippen LogP contribution in [0.15, 0.2) is 34.5 Å². The van der Waals surface area contributed by atoms with Gasteiger partial charge < -0.3 is 15.4 Å². The van der Waals surface area contributed by atoms with Crippen LogP contribution in [0, 0.1) is 13.8 Å². The van der Waals surface area contributed by atoms with Gasteiger partial charge in [0.1, 0.15) is 5.70 Å². The third kappa shape index (κ3) is 9.68. The second kappa shape index (κ2) is 15.8. The van der Waals surface area contributed by atoms with Crippen LogP contribution < -0.4 is 5.73 Å². The summed E-state index contributed by atoms with van der Waals surface area (Å²) in [7, 11) is 0. The zero-order valence-corrected chi connectivity index (χ0v) is 24.9. The van der Waals surface area contributed by atoms with Crippen molar-refractivity contribution in [3.05, 3.63) is 46.2 Å². The molecule has 1 unspecified atom stereocenters. The van der Waals surface area contributed by atoms with Gasteiger partial charge in [-0.3, -0.25) is 14.6 Å². The standard InChI is InChI=1S/C16H25N3O3.C16H26/c1-10(20)7-18-14-6-4-5-13(14)15(17)16(21)19-8-11(2)22-12(3)9-19;1-5-7-9-15(8-6-2)16-11-10-13(3)14(4)12-16/h11-12H,4-9,17H2,1-3H3;10-12,15H,5-9H2,1-4H3/b15-13-,18-14?;/t11-,12+;. The minimum absolute atomic E-state index is 0.0134. The average Bonchev–Trinajstić information content (AvgIpc) is 3.34. The molecule has 1 aliphatic carbocycles. The highest BCUT2D eigenvalue weighted by Crippen LogP contribution is 2.28. The second-order valence-electron chi connectivity index (χ2n) is 11.1. The van der Waals surface area contributed by atoms with Crippen molar-refractivity contribution in [1.29, 1.82) is 0 Å². The molecule has 2 N–H and O–H groups in total. The Morgan fingerprint density at radius 2 is 1.74 bits per heavy atom. The number of ketones is 1. The predicted molar refractivity (Wildman–Crippen MR) is 158 cm³/mol. The molecule has 1 aromatic carbocycles. The number of hydrogen-bond acceptors (Lipinski definition) is 5. The number of aliphatic imine (C=N–C) groups is 1. The Morgan fingerprint density at radius 3 is 2.32 bits per heavy atom. The molecule has 0 aromatic heterocycles. The molecular formula is C32H51N3O3. The maximum atomic E-state index is 12.6. The lowest BCUT2D eigenvalue weighted by atomic mass is 9.88. The number of hydrogen-bond donors (Lipinski definition) is 1. The van der Waals surface area contributed by atoms with Crippen LogP contribution in [-0.4, -0.2) is 54.1 Å². The molecule has 2 aliphatic rings. The summed E-state index contributed by atoms with van der Waals surface area (Å²) in [5.74, 6) is 0.651. The van der Waals surface area contributed by atoms with Crippen LogP contribution in [-0.2, 0) is 14.3 Å². The molecule has 0 bridgehead atoms. The van der Waals surface area contributed by atoms with E-state index >= 15 is 0 Å². The summed E-state index contributed by atoms with van der Waals surface area (Å²) in [4.78, 5) is 29.8. The first-order valence-corrected chi connectivity index (χ1v) is 14.6. The fourth-order valence-corrected chi connectivity index (χ4v) is 5.34. The van der Waals surface area contributed by atoms with Crippen LogP contribution in [0.1, 0.15) is 109 Å². The predicted octanol–water partition coefficient (Wildman–Crippen LogP) is 6.43. The van der Waals surface area contributed by atoms with E-state index < -0.39 is 0 Å². The molecule has 0 spiro atoms. The Hall–Kier alpha value is -2.47. The average molecular weight is 526 g/mol. The number of morpholine rings is 1. The summed E-state index contributed by atoms with van der Waals surface area (Å²) in [6.45, 7) is 15.7. The number of rotatable bonds is 9. The number of Topliss-reactive ketones (excluding diaryl/α,β-unsaturated/α-hetero) is 1. The molecule has 1 amide bonds. The Kier molecular flexibility index (Phi) is 13.2. The highest BCUT2D eigenvalue weighted by Gasteiger charge is 2.30. The van der Waals surface area contributed by atoms with Crippen LogP contribution in [0.4, 0.5) is 0 Å². The van der Waals surface area contributed by atoms with Gasteiger partial charge in [-0.25, -0.2) is 0 Å². The number of nitrogens with two attached hydrogens (primary N) is 1. The molecular weight excluding hydrogens is 474 g/mol. The van der Waals surface area contributed by atoms with Crippen molar-refractivity contribution in [3.8, 4) is 0 Å². The van der Waals surface area contributed by atoms with Gasteiger partial charge in [-0.1, -0.05) is 51.3 Å². The molecule has 2 fully saturated rings. The minimum atomic E-state index is -0.144. The summed E-state index contributed by atoms with van der Waals surface area (Å²) in [5, 5.41) is 0. The monoisotopic (exact) mass is 525 g/mol. The summed E-state index contributed by atoms with van der Waals surface area (Å²) >= 11 is 0. The smallest absolute Gasteiger partial charge is 0.270 e. The lowest BCUT2D eigenvalue weighted by Gasteiger charge is -2.35. The van der Waals surface area contributed by atoms with E-state index in [0.29, 0.717) is 13.1 Å². The molecule has 1 aliphatic heterocycles. The topological polar surface area (TPSA) is 85.0 Å². The molecule has 1 saturated carbocycles. The zero-order chi connectivity index (χ0) is 28.2. The molecule has 6 nitrogen and oxygen atoms in total. The number of benzene rings is 1. The van der Waals surface area contributed by atoms with Gasteiger partial charge in [0.25, 0.3) is 5.91 Å². The summed E-state index contributed by atoms with van der Waals surface area (Å²) < 4.78 is 5.65. The van der Waals surface area contributed by atoms with Crippen LogP contribution in [0.25, 0.3) is 0 Å². The molecule has 1 saturated heterocycles. The Balaban J connectivity index is 0.000000281. The number of amides is 1. The van der Waals surface area contributed by atoms with E-state index in [2.05, 4.69) is 50.9 Å². The number of carbonyl (C=O) groups excluding carboxylic acids is 2. The van der Waals surface area contributed by atoms with E-state index in [1.807, 2.05) is 13.8 Å². The lowest BCUT2D eigenvalue weighted by molar-refractivity contribution is -0.139. The van der Waals surface area contributed by atoms with E-state index in [1.165, 1.54) is 50.2 Å². The molecule has 3 rings (SSSR count). The minimum Gasteiger partial charge on any atom is -0.394 e. The molecule has 1 aromatic rings. The van der Waals surface area contributed by atoms with Crippen molar-refractivity contribution in [1.82, 2.24) is 4.90 Å². The highest BCUT2D eigenvalue weighted by atomic mass is 16.5. The number of unbranched alkanes of at least 4 members (excludes halogenated alkanes) is 1. The van der Waals surface area contributed by atoms with Crippen molar-refractivity contribution < 1.29 is 14.3 Å². The van der Waals surface area contributed by atoms with Crippen molar-refractivity contribution in [2.75, 3.05) is 19.6 Å². The summed E-state index contributed by atoms with van der Waals surface area (Å²) in [6.07, 6.45) is 9.14. The third-order valence-corrected chi connectivity index (χ3v) is 7.49. The molecule has 3 atom stereocenters.